The van der Waals surface area contributed by atoms with Crippen molar-refractivity contribution < 1.29 is 48.6 Å². The van der Waals surface area contributed by atoms with Gasteiger partial charge in [0.2, 0.25) is 0 Å². The summed E-state index contributed by atoms with van der Waals surface area (Å²) in [6.45, 7) is 0. The Bertz CT molecular complexity index is 151. The molecule has 0 saturated heterocycles. The van der Waals surface area contributed by atoms with Crippen LogP contribution in [0.3, 0.4) is 0 Å². The van der Waals surface area contributed by atoms with Gasteiger partial charge in [0, 0.05) is 0 Å². The minimum Gasteiger partial charge on any atom is 1.00 e. The van der Waals surface area contributed by atoms with Crippen molar-refractivity contribution in [3.05, 3.63) is 34.8 Å². The van der Waals surface area contributed by atoms with Crippen molar-refractivity contribution in [1.82, 2.24) is 0 Å². The van der Waals surface area contributed by atoms with Crippen LogP contribution >= 0.6 is 25.6 Å². The molecule has 0 fully saturated rings. The molecule has 52 valence electrons. The Morgan fingerprint density at radius 2 is 2.00 bits per heavy atom. The second-order valence-electron chi connectivity index (χ2n) is 1.22. The molecule has 1 aromatic rings. The van der Waals surface area contributed by atoms with Gasteiger partial charge in [0.25, 0.3) is 0 Å². The number of rotatable bonds is 0. The van der Waals surface area contributed by atoms with Crippen LogP contribution in [0.25, 0.3) is 0 Å². The van der Waals surface area contributed by atoms with E-state index in [4.69, 9.17) is 9.69 Å². The van der Waals surface area contributed by atoms with Crippen molar-refractivity contribution >= 4 is 25.6 Å². The van der Waals surface area contributed by atoms with Crippen LogP contribution in [-0.4, -0.2) is 0 Å². The average molecular weight is 299 g/mol. The first-order valence-corrected chi connectivity index (χ1v) is 6.97. The summed E-state index contributed by atoms with van der Waals surface area (Å²) in [6, 6.07) is 10.6. The van der Waals surface area contributed by atoms with Gasteiger partial charge in [0.05, 0.1) is 0 Å². The fourth-order valence-electron chi connectivity index (χ4n) is 0.371. The zero-order valence-electron chi connectivity index (χ0n) is 6.15. The van der Waals surface area contributed by atoms with E-state index in [2.05, 4.69) is 22.0 Å². The second kappa shape index (κ2) is 14.0. The van der Waals surface area contributed by atoms with E-state index in [1.165, 1.54) is 0 Å². The molecular weight excluding hydrogens is 295 g/mol. The molecule has 0 spiro atoms. The van der Waals surface area contributed by atoms with Crippen LogP contribution in [0.15, 0.2) is 28.7 Å². The van der Waals surface area contributed by atoms with E-state index in [1.807, 2.05) is 24.3 Å². The van der Waals surface area contributed by atoms with Crippen molar-refractivity contribution in [1.29, 1.82) is 0 Å². The van der Waals surface area contributed by atoms with Crippen LogP contribution in [-0.2, 0) is 17.3 Å². The van der Waals surface area contributed by atoms with Gasteiger partial charge in [-0.2, -0.15) is 30.3 Å². The van der Waals surface area contributed by atoms with Crippen LogP contribution in [0.4, 0.5) is 0 Å². The third kappa shape index (κ3) is 11.5. The van der Waals surface area contributed by atoms with Crippen molar-refractivity contribution in [3.8, 4) is 0 Å². The van der Waals surface area contributed by atoms with Gasteiger partial charge in [0.15, 0.2) is 0 Å². The fourth-order valence-corrected chi connectivity index (χ4v) is 0.656. The summed E-state index contributed by atoms with van der Waals surface area (Å²) in [5.74, 6) is 0. The maximum Gasteiger partial charge on any atom is 1.00 e. The molecule has 1 aromatic carbocycles. The SMILES string of the molecule is Brc1c[c-]ccc1.[Cl-].[Cl][Zn+].[Li+]. The van der Waals surface area contributed by atoms with Crippen LogP contribution in [0.1, 0.15) is 0 Å². The molecule has 0 bridgehead atoms. The molecule has 0 nitrogen and oxygen atoms in total. The Hall–Kier alpha value is 1.50. The van der Waals surface area contributed by atoms with E-state index in [0.29, 0.717) is 0 Å². The van der Waals surface area contributed by atoms with Gasteiger partial charge in [-0.1, -0.05) is 4.47 Å². The van der Waals surface area contributed by atoms with Crippen molar-refractivity contribution in [2.45, 2.75) is 0 Å². The maximum atomic E-state index is 4.76. The molecule has 5 heteroatoms. The molecule has 0 aliphatic carbocycles. The zero-order chi connectivity index (χ0) is 7.11. The van der Waals surface area contributed by atoms with Crippen LogP contribution in [0.5, 0.6) is 0 Å². The van der Waals surface area contributed by atoms with E-state index < -0.39 is 0 Å². The second-order valence-corrected chi connectivity index (χ2v) is 2.14. The largest absolute Gasteiger partial charge is 1.00 e. The summed E-state index contributed by atoms with van der Waals surface area (Å²) < 4.78 is 1.08. The minimum absolute atomic E-state index is 0. The molecule has 11 heavy (non-hydrogen) atoms. The van der Waals surface area contributed by atoms with E-state index in [-0.39, 0.29) is 31.3 Å². The van der Waals surface area contributed by atoms with Crippen LogP contribution in [0.2, 0.25) is 0 Å². The predicted octanol–water partition coefficient (Wildman–Crippen LogP) is -3.06. The number of hydrogen-bond acceptors (Lipinski definition) is 0. The van der Waals surface area contributed by atoms with E-state index >= 15 is 0 Å². The Kier molecular flexibility index (Phi) is 23.4. The van der Waals surface area contributed by atoms with Crippen molar-refractivity contribution in [3.63, 3.8) is 0 Å². The molecule has 0 N–H and O–H groups in total. The first-order valence-electron chi connectivity index (χ1n) is 2.28. The number of halogens is 3. The monoisotopic (exact) mass is 296 g/mol. The predicted molar refractivity (Wildman–Crippen MR) is 38.8 cm³/mol. The van der Waals surface area contributed by atoms with Gasteiger partial charge in [-0.15, -0.1) is 15.9 Å². The number of hydrogen-bond donors (Lipinski definition) is 0. The molecule has 0 aliphatic rings. The maximum absolute atomic E-state index is 4.76. The van der Waals surface area contributed by atoms with Gasteiger partial charge < -0.3 is 12.4 Å². The van der Waals surface area contributed by atoms with Gasteiger partial charge in [-0.05, 0) is 0 Å². The summed E-state index contributed by atoms with van der Waals surface area (Å²) >= 11 is 4.13. The molecule has 0 amide bonds. The molecule has 0 aromatic heterocycles. The molecule has 0 saturated carbocycles. The van der Waals surface area contributed by atoms with Crippen LogP contribution in [0, 0.1) is 6.07 Å². The summed E-state index contributed by atoms with van der Waals surface area (Å²) in [4.78, 5) is 0. The molecular formula is C6H4BrCl2LiZn. The van der Waals surface area contributed by atoms with Gasteiger partial charge >= 0.3 is 45.9 Å². The Morgan fingerprint density at radius 1 is 1.45 bits per heavy atom. The Labute approximate surface area is 108 Å². The summed E-state index contributed by atoms with van der Waals surface area (Å²) in [5, 5.41) is 0. The fraction of sp³-hybridized carbons (Fsp3) is 0. The van der Waals surface area contributed by atoms with Gasteiger partial charge in [-0.3, -0.25) is 0 Å². The first-order chi connectivity index (χ1) is 4.39. The molecule has 1 rings (SSSR count). The van der Waals surface area contributed by atoms with Gasteiger partial charge in [0.1, 0.15) is 0 Å². The summed E-state index contributed by atoms with van der Waals surface area (Å²) in [7, 11) is 4.76. The summed E-state index contributed by atoms with van der Waals surface area (Å²) in [5.41, 5.74) is 0. The van der Waals surface area contributed by atoms with E-state index in [0.717, 1.165) is 21.8 Å². The van der Waals surface area contributed by atoms with Gasteiger partial charge in [-0.25, -0.2) is 0 Å². The molecule has 0 atom stereocenters. The van der Waals surface area contributed by atoms with Crippen molar-refractivity contribution in [2.75, 3.05) is 0 Å². The molecule has 0 unspecified atom stereocenters. The quantitative estimate of drug-likeness (QED) is 0.353. The topological polar surface area (TPSA) is 0 Å². The Balaban J connectivity index is -0.000000149. The van der Waals surface area contributed by atoms with E-state index in [9.17, 15) is 0 Å². The smallest absolute Gasteiger partial charge is 1.00 e. The molecule has 0 aliphatic heterocycles. The third-order valence-electron chi connectivity index (χ3n) is 0.669. The normalized spacial score (nSPS) is 6.18. The van der Waals surface area contributed by atoms with E-state index in [1.54, 1.807) is 0 Å². The molecule has 0 heterocycles. The van der Waals surface area contributed by atoms with Crippen molar-refractivity contribution in [2.24, 2.45) is 0 Å². The molecule has 0 radical (unpaired) electrons. The average Bonchev–Trinajstić information content (AvgIpc) is 1.94. The first kappa shape index (κ1) is 18.3. The summed E-state index contributed by atoms with van der Waals surface area (Å²) in [6.07, 6.45) is 0. The minimum atomic E-state index is 0. The third-order valence-corrected chi connectivity index (χ3v) is 1.16. The Morgan fingerprint density at radius 3 is 2.18 bits per heavy atom. The van der Waals surface area contributed by atoms with Crippen LogP contribution < -0.4 is 31.3 Å². The number of benzene rings is 1. The standard InChI is InChI=1S/C6H4Br.2ClH.Li.Zn/c7-6-4-2-1-3-5-6;;;;/h1-2,4-5H;2*1H;;/q-1;;;+1;+2/p-2. The zero-order valence-corrected chi connectivity index (χ0v) is 12.2.